The summed E-state index contributed by atoms with van der Waals surface area (Å²) in [6, 6.07) is 0. The Morgan fingerprint density at radius 2 is 2.05 bits per heavy atom. The fourth-order valence-electron chi connectivity index (χ4n) is 1.89. The average molecular weight is 335 g/mol. The second kappa shape index (κ2) is 8.85. The highest BCUT2D eigenvalue weighted by atomic mass is 32.2. The van der Waals surface area contributed by atoms with E-state index in [1.807, 2.05) is 26.2 Å². The third kappa shape index (κ3) is 6.04. The van der Waals surface area contributed by atoms with Crippen LogP contribution in [0.4, 0.5) is 0 Å². The zero-order valence-corrected chi connectivity index (χ0v) is 14.9. The van der Waals surface area contributed by atoms with Crippen molar-refractivity contribution >= 4 is 21.4 Å². The molecule has 5 nitrogen and oxygen atoms in total. The van der Waals surface area contributed by atoms with Crippen molar-refractivity contribution in [2.75, 3.05) is 19.7 Å². The summed E-state index contributed by atoms with van der Waals surface area (Å²) in [4.78, 5) is 1.28. The first-order valence-electron chi connectivity index (χ1n) is 7.27. The molecular weight excluding hydrogens is 308 g/mol. The predicted octanol–water partition coefficient (Wildman–Crippen LogP) is 2.26. The molecule has 0 aliphatic carbocycles. The van der Waals surface area contributed by atoms with E-state index in [4.69, 9.17) is 4.74 Å². The van der Waals surface area contributed by atoms with Crippen LogP contribution in [-0.2, 0) is 21.3 Å². The third-order valence-corrected chi connectivity index (χ3v) is 5.74. The van der Waals surface area contributed by atoms with Crippen molar-refractivity contribution in [2.24, 2.45) is 0 Å². The van der Waals surface area contributed by atoms with Crippen molar-refractivity contribution in [3.05, 3.63) is 15.8 Å². The Morgan fingerprint density at radius 1 is 1.33 bits per heavy atom. The van der Waals surface area contributed by atoms with Crippen LogP contribution in [0.15, 0.2) is 10.3 Å². The number of hydrogen-bond donors (Lipinski definition) is 2. The molecule has 1 rings (SSSR count). The molecule has 0 saturated heterocycles. The van der Waals surface area contributed by atoms with Gasteiger partial charge in [0.05, 0.1) is 12.7 Å². The van der Waals surface area contributed by atoms with Gasteiger partial charge in [0.2, 0.25) is 10.0 Å². The van der Waals surface area contributed by atoms with Gasteiger partial charge in [-0.25, -0.2) is 13.1 Å². The van der Waals surface area contributed by atoms with E-state index in [0.29, 0.717) is 18.0 Å². The lowest BCUT2D eigenvalue weighted by molar-refractivity contribution is 0.0834. The number of aryl methyl sites for hydroxylation is 1. The summed E-state index contributed by atoms with van der Waals surface area (Å²) in [5.41, 5.74) is 0.797. The summed E-state index contributed by atoms with van der Waals surface area (Å²) in [6.45, 7) is 9.90. The van der Waals surface area contributed by atoms with Gasteiger partial charge in [-0.2, -0.15) is 0 Å². The van der Waals surface area contributed by atoms with E-state index in [-0.39, 0.29) is 12.6 Å². The molecule has 0 aromatic carbocycles. The molecule has 7 heteroatoms. The fraction of sp³-hybridized carbons (Fsp3) is 0.714. The first kappa shape index (κ1) is 18.6. The molecule has 0 saturated carbocycles. The molecule has 0 unspecified atom stereocenters. The standard InChI is InChI=1S/C14H26N2O3S2/c1-5-6-15-9-13-14(12(4)10-20-13)21(17,18)16-7-8-19-11(2)3/h10-11,15-16H,5-9H2,1-4H3. The maximum Gasteiger partial charge on any atom is 0.242 e. The van der Waals surface area contributed by atoms with Crippen LogP contribution in [0.25, 0.3) is 0 Å². The van der Waals surface area contributed by atoms with E-state index < -0.39 is 10.0 Å². The molecule has 0 atom stereocenters. The van der Waals surface area contributed by atoms with E-state index in [2.05, 4.69) is 17.0 Å². The van der Waals surface area contributed by atoms with Crippen LogP contribution in [0.3, 0.4) is 0 Å². The Kier molecular flexibility index (Phi) is 7.83. The van der Waals surface area contributed by atoms with Crippen LogP contribution in [-0.4, -0.2) is 34.2 Å². The SMILES string of the molecule is CCCNCc1scc(C)c1S(=O)(=O)NCCOC(C)C. The van der Waals surface area contributed by atoms with Crippen molar-refractivity contribution in [1.29, 1.82) is 0 Å². The van der Waals surface area contributed by atoms with E-state index in [1.165, 1.54) is 11.3 Å². The van der Waals surface area contributed by atoms with Gasteiger partial charge in [0, 0.05) is 18.0 Å². The Bertz CT molecular complexity index is 524. The van der Waals surface area contributed by atoms with E-state index >= 15 is 0 Å². The number of ether oxygens (including phenoxy) is 1. The second-order valence-electron chi connectivity index (χ2n) is 5.17. The van der Waals surface area contributed by atoms with Gasteiger partial charge in [-0.05, 0) is 44.7 Å². The zero-order valence-electron chi connectivity index (χ0n) is 13.2. The van der Waals surface area contributed by atoms with Crippen LogP contribution >= 0.6 is 11.3 Å². The van der Waals surface area contributed by atoms with Gasteiger partial charge in [0.25, 0.3) is 0 Å². The summed E-state index contributed by atoms with van der Waals surface area (Å²) in [7, 11) is -3.47. The zero-order chi connectivity index (χ0) is 15.9. The topological polar surface area (TPSA) is 67.4 Å². The molecule has 0 radical (unpaired) electrons. The Labute approximate surface area is 132 Å². The first-order valence-corrected chi connectivity index (χ1v) is 9.63. The molecule has 0 aliphatic heterocycles. The molecule has 1 aromatic rings. The van der Waals surface area contributed by atoms with Crippen LogP contribution in [0.5, 0.6) is 0 Å². The van der Waals surface area contributed by atoms with Crippen LogP contribution in [0, 0.1) is 6.92 Å². The van der Waals surface area contributed by atoms with Gasteiger partial charge in [0.1, 0.15) is 4.90 Å². The van der Waals surface area contributed by atoms with Crippen molar-refractivity contribution in [1.82, 2.24) is 10.0 Å². The Balaban J connectivity index is 2.70. The third-order valence-electron chi connectivity index (χ3n) is 2.82. The Hall–Kier alpha value is -0.470. The normalized spacial score (nSPS) is 12.2. The van der Waals surface area contributed by atoms with E-state index in [0.717, 1.165) is 23.4 Å². The molecule has 1 aromatic heterocycles. The highest BCUT2D eigenvalue weighted by Gasteiger charge is 2.22. The fourth-order valence-corrected chi connectivity index (χ4v) is 4.68. The Morgan fingerprint density at radius 3 is 2.67 bits per heavy atom. The summed E-state index contributed by atoms with van der Waals surface area (Å²) in [5, 5.41) is 5.14. The number of hydrogen-bond acceptors (Lipinski definition) is 5. The van der Waals surface area contributed by atoms with Crippen molar-refractivity contribution in [3.63, 3.8) is 0 Å². The summed E-state index contributed by atoms with van der Waals surface area (Å²) in [5.74, 6) is 0. The summed E-state index contributed by atoms with van der Waals surface area (Å²) >= 11 is 1.48. The van der Waals surface area contributed by atoms with Gasteiger partial charge in [-0.15, -0.1) is 11.3 Å². The number of nitrogens with one attached hydrogen (secondary N) is 2. The predicted molar refractivity (Wildman–Crippen MR) is 87.3 cm³/mol. The van der Waals surface area contributed by atoms with Crippen LogP contribution in [0.2, 0.25) is 0 Å². The highest BCUT2D eigenvalue weighted by molar-refractivity contribution is 7.89. The minimum Gasteiger partial charge on any atom is -0.377 e. The smallest absolute Gasteiger partial charge is 0.242 e. The average Bonchev–Trinajstić information content (AvgIpc) is 2.77. The lowest BCUT2D eigenvalue weighted by atomic mass is 10.3. The lowest BCUT2D eigenvalue weighted by Crippen LogP contribution is -2.29. The number of sulfonamides is 1. The minimum absolute atomic E-state index is 0.103. The second-order valence-corrected chi connectivity index (χ2v) is 7.83. The molecule has 0 fully saturated rings. The maximum absolute atomic E-state index is 12.4. The molecular formula is C14H26N2O3S2. The van der Waals surface area contributed by atoms with Gasteiger partial charge >= 0.3 is 0 Å². The van der Waals surface area contributed by atoms with Gasteiger partial charge < -0.3 is 10.1 Å². The lowest BCUT2D eigenvalue weighted by Gasteiger charge is -2.11. The maximum atomic E-state index is 12.4. The van der Waals surface area contributed by atoms with Crippen molar-refractivity contribution < 1.29 is 13.2 Å². The highest BCUT2D eigenvalue weighted by Crippen LogP contribution is 2.26. The van der Waals surface area contributed by atoms with Crippen molar-refractivity contribution in [3.8, 4) is 0 Å². The van der Waals surface area contributed by atoms with Gasteiger partial charge in [-0.1, -0.05) is 6.92 Å². The molecule has 0 spiro atoms. The van der Waals surface area contributed by atoms with E-state index in [1.54, 1.807) is 0 Å². The molecule has 0 bridgehead atoms. The minimum atomic E-state index is -3.47. The quantitative estimate of drug-likeness (QED) is 0.644. The van der Waals surface area contributed by atoms with Gasteiger partial charge in [-0.3, -0.25) is 0 Å². The monoisotopic (exact) mass is 334 g/mol. The molecule has 1 heterocycles. The van der Waals surface area contributed by atoms with Crippen LogP contribution < -0.4 is 10.0 Å². The van der Waals surface area contributed by atoms with E-state index in [9.17, 15) is 8.42 Å². The molecule has 0 aliphatic rings. The number of thiophene rings is 1. The first-order chi connectivity index (χ1) is 9.88. The molecule has 122 valence electrons. The largest absolute Gasteiger partial charge is 0.377 e. The van der Waals surface area contributed by atoms with Crippen LogP contribution in [0.1, 0.15) is 37.6 Å². The number of rotatable bonds is 10. The molecule has 21 heavy (non-hydrogen) atoms. The van der Waals surface area contributed by atoms with Crippen molar-refractivity contribution in [2.45, 2.75) is 51.7 Å². The molecule has 0 amide bonds. The molecule has 2 N–H and O–H groups in total. The summed E-state index contributed by atoms with van der Waals surface area (Å²) < 4.78 is 32.8. The summed E-state index contributed by atoms with van der Waals surface area (Å²) in [6.07, 6.45) is 1.13. The van der Waals surface area contributed by atoms with Gasteiger partial charge in [0.15, 0.2) is 0 Å².